The van der Waals surface area contributed by atoms with Crippen LogP contribution in [0.5, 0.6) is 0 Å². The van der Waals surface area contributed by atoms with E-state index in [1.165, 1.54) is 5.70 Å². The average molecular weight is 311 g/mol. The number of carbonyl (C=O) groups is 1. The van der Waals surface area contributed by atoms with E-state index in [1.54, 1.807) is 0 Å². The van der Waals surface area contributed by atoms with Gasteiger partial charge in [0.2, 0.25) is 5.91 Å². The van der Waals surface area contributed by atoms with E-state index >= 15 is 0 Å². The summed E-state index contributed by atoms with van der Waals surface area (Å²) in [5.41, 5.74) is 1.18. The van der Waals surface area contributed by atoms with Crippen molar-refractivity contribution in [2.45, 2.75) is 36.5 Å². The molecule has 3 atom stereocenters. The minimum atomic E-state index is 0. The molecule has 0 bridgehead atoms. The van der Waals surface area contributed by atoms with Crippen LogP contribution in [0, 0.1) is 11.8 Å². The quantitative estimate of drug-likeness (QED) is 0.852. The molecule has 108 valence electrons. The maximum atomic E-state index is 12.4. The van der Waals surface area contributed by atoms with Crippen molar-refractivity contribution in [3.8, 4) is 0 Å². The Morgan fingerprint density at radius 1 is 1.45 bits per heavy atom. The number of allylic oxidation sites excluding steroid dienone is 3. The van der Waals surface area contributed by atoms with Crippen LogP contribution in [0.3, 0.4) is 0 Å². The minimum absolute atomic E-state index is 0. The van der Waals surface area contributed by atoms with Crippen LogP contribution in [0.15, 0.2) is 28.9 Å². The number of nitrogens with zero attached hydrogens (tertiary/aromatic N) is 1. The van der Waals surface area contributed by atoms with E-state index in [-0.39, 0.29) is 29.0 Å². The fraction of sp³-hybridized carbons (Fsp3) is 0.600. The number of hydrogen-bond donors (Lipinski definition) is 1. The van der Waals surface area contributed by atoms with Gasteiger partial charge in [-0.15, -0.1) is 24.2 Å². The average Bonchev–Trinajstić information content (AvgIpc) is 3.16. The molecule has 0 aromatic heterocycles. The van der Waals surface area contributed by atoms with Gasteiger partial charge in [0.25, 0.3) is 0 Å². The molecule has 5 heteroatoms. The first-order chi connectivity index (χ1) is 9.29. The van der Waals surface area contributed by atoms with Crippen molar-refractivity contribution in [1.29, 1.82) is 0 Å². The van der Waals surface area contributed by atoms with Crippen molar-refractivity contribution < 1.29 is 4.79 Å². The minimum Gasteiger partial charge on any atom is -0.353 e. The monoisotopic (exact) mass is 310 g/mol. The first-order valence-electron chi connectivity index (χ1n) is 7.14. The molecule has 0 radical (unpaired) electrons. The number of halogens is 1. The first kappa shape index (κ1) is 14.2. The van der Waals surface area contributed by atoms with Crippen LogP contribution >= 0.6 is 24.2 Å². The number of carbonyl (C=O) groups excluding carboxylic acids is 1. The molecule has 2 heterocycles. The highest BCUT2D eigenvalue weighted by molar-refractivity contribution is 8.01. The lowest BCUT2D eigenvalue weighted by molar-refractivity contribution is -0.125. The lowest BCUT2D eigenvalue weighted by Gasteiger charge is -2.39. The van der Waals surface area contributed by atoms with Gasteiger partial charge in [-0.1, -0.05) is 12.2 Å². The van der Waals surface area contributed by atoms with Crippen LogP contribution in [0.4, 0.5) is 0 Å². The van der Waals surface area contributed by atoms with Gasteiger partial charge in [-0.25, -0.2) is 0 Å². The smallest absolute Gasteiger partial charge is 0.224 e. The molecule has 1 saturated carbocycles. The molecule has 2 fully saturated rings. The Bertz CT molecular complexity index is 512. The molecule has 3 unspecified atom stereocenters. The molecular weight excluding hydrogens is 292 g/mol. The zero-order valence-electron chi connectivity index (χ0n) is 11.2. The third-order valence-corrected chi connectivity index (χ3v) is 6.42. The Hall–Kier alpha value is -0.740. The van der Waals surface area contributed by atoms with Crippen LogP contribution in [0.1, 0.15) is 25.7 Å². The molecule has 1 N–H and O–H groups in total. The van der Waals surface area contributed by atoms with Gasteiger partial charge in [0, 0.05) is 18.0 Å². The second kappa shape index (κ2) is 5.23. The molecule has 2 aliphatic carbocycles. The predicted molar refractivity (Wildman–Crippen MR) is 85.5 cm³/mol. The van der Waals surface area contributed by atoms with Gasteiger partial charge in [0.05, 0.1) is 16.4 Å². The Morgan fingerprint density at radius 3 is 3.10 bits per heavy atom. The number of rotatable bonds is 2. The zero-order chi connectivity index (χ0) is 12.9. The van der Waals surface area contributed by atoms with Crippen molar-refractivity contribution in [3.63, 3.8) is 0 Å². The van der Waals surface area contributed by atoms with E-state index in [4.69, 9.17) is 0 Å². The normalized spacial score (nSPS) is 37.5. The summed E-state index contributed by atoms with van der Waals surface area (Å²) < 4.78 is 0.0784. The first-order valence-corrected chi connectivity index (χ1v) is 8.12. The Balaban J connectivity index is 0.00000121. The molecule has 3 nitrogen and oxygen atoms in total. The molecule has 4 rings (SSSR count). The van der Waals surface area contributed by atoms with Crippen LogP contribution in [-0.2, 0) is 4.79 Å². The van der Waals surface area contributed by atoms with Crippen LogP contribution < -0.4 is 5.32 Å². The second-order valence-electron chi connectivity index (χ2n) is 5.93. The number of amides is 1. The topological polar surface area (TPSA) is 41.5 Å². The molecule has 1 amide bonds. The lowest BCUT2D eigenvalue weighted by atomic mass is 9.73. The third-order valence-electron chi connectivity index (χ3n) is 4.70. The molecule has 1 saturated heterocycles. The van der Waals surface area contributed by atoms with Gasteiger partial charge in [0.15, 0.2) is 0 Å². The second-order valence-corrected chi connectivity index (χ2v) is 7.28. The lowest BCUT2D eigenvalue weighted by Crippen LogP contribution is -2.43. The zero-order valence-corrected chi connectivity index (χ0v) is 12.9. The Kier molecular flexibility index (Phi) is 3.71. The summed E-state index contributed by atoms with van der Waals surface area (Å²) in [5, 5.41) is 3.19. The fourth-order valence-electron chi connectivity index (χ4n) is 3.47. The van der Waals surface area contributed by atoms with Crippen molar-refractivity contribution in [3.05, 3.63) is 23.9 Å². The van der Waals surface area contributed by atoms with Gasteiger partial charge in [-0.2, -0.15) is 0 Å². The fourth-order valence-corrected chi connectivity index (χ4v) is 5.29. The van der Waals surface area contributed by atoms with Gasteiger partial charge in [-0.05, 0) is 37.7 Å². The number of nitrogens with one attached hydrogen (secondary N) is 1. The molecule has 0 aromatic carbocycles. The van der Waals surface area contributed by atoms with Crippen molar-refractivity contribution in [2.75, 3.05) is 5.75 Å². The highest BCUT2D eigenvalue weighted by Gasteiger charge is 2.54. The Morgan fingerprint density at radius 2 is 2.30 bits per heavy atom. The van der Waals surface area contributed by atoms with Gasteiger partial charge < -0.3 is 5.32 Å². The third kappa shape index (κ3) is 2.13. The van der Waals surface area contributed by atoms with E-state index in [2.05, 4.69) is 28.5 Å². The summed E-state index contributed by atoms with van der Waals surface area (Å²) in [5.74, 6) is 1.80. The van der Waals surface area contributed by atoms with E-state index < -0.39 is 0 Å². The van der Waals surface area contributed by atoms with Crippen LogP contribution in [0.2, 0.25) is 0 Å². The summed E-state index contributed by atoms with van der Waals surface area (Å²) >= 11 is 1.95. The highest BCUT2D eigenvalue weighted by Crippen LogP contribution is 2.57. The van der Waals surface area contributed by atoms with Crippen LogP contribution in [-0.4, -0.2) is 28.7 Å². The maximum absolute atomic E-state index is 12.4. The van der Waals surface area contributed by atoms with Gasteiger partial charge in [-0.3, -0.25) is 9.79 Å². The van der Waals surface area contributed by atoms with E-state index in [0.717, 1.165) is 31.4 Å². The van der Waals surface area contributed by atoms with E-state index in [1.807, 2.05) is 18.0 Å². The standard InChI is InChI=1S/C15H18N2OS.ClH/c18-14(17-10-4-5-10)11-9-19-15-7-2-1-3-13(15)16-8-6-12(11)15;/h1-3,8,10-12H,4-7,9H2,(H,17,18);1H. The molecule has 0 aromatic rings. The summed E-state index contributed by atoms with van der Waals surface area (Å²) in [6, 6.07) is 0.465. The van der Waals surface area contributed by atoms with Gasteiger partial charge in [0.1, 0.15) is 0 Å². The highest BCUT2D eigenvalue weighted by atomic mass is 35.5. The molecule has 2 aliphatic heterocycles. The molecule has 20 heavy (non-hydrogen) atoms. The summed E-state index contributed by atoms with van der Waals surface area (Å²) in [4.78, 5) is 17.0. The number of aliphatic imine (C=N–C) groups is 1. The van der Waals surface area contributed by atoms with Crippen molar-refractivity contribution >= 4 is 36.3 Å². The number of hydrogen-bond acceptors (Lipinski definition) is 3. The largest absolute Gasteiger partial charge is 0.353 e. The van der Waals surface area contributed by atoms with Crippen molar-refractivity contribution in [2.24, 2.45) is 16.8 Å². The summed E-state index contributed by atoms with van der Waals surface area (Å²) in [6.07, 6.45) is 12.8. The molecule has 1 spiro atoms. The predicted octanol–water partition coefficient (Wildman–Crippen LogP) is 2.72. The van der Waals surface area contributed by atoms with E-state index in [0.29, 0.717) is 12.0 Å². The summed E-state index contributed by atoms with van der Waals surface area (Å²) in [7, 11) is 0. The Labute approximate surface area is 129 Å². The molecular formula is C15H19ClN2OS. The number of thioether (sulfide) groups is 1. The van der Waals surface area contributed by atoms with Gasteiger partial charge >= 0.3 is 0 Å². The van der Waals surface area contributed by atoms with Crippen molar-refractivity contribution in [1.82, 2.24) is 5.32 Å². The maximum Gasteiger partial charge on any atom is 0.224 e. The van der Waals surface area contributed by atoms with Crippen LogP contribution in [0.25, 0.3) is 0 Å². The molecule has 4 aliphatic rings. The van der Waals surface area contributed by atoms with E-state index in [9.17, 15) is 4.79 Å². The SMILES string of the molecule is Cl.O=C(NC1CC1)C1CSC23CC=CC=C2N=CCC13. The summed E-state index contributed by atoms with van der Waals surface area (Å²) in [6.45, 7) is 0.